The molecule has 1 amide bonds. The van der Waals surface area contributed by atoms with Gasteiger partial charge in [0.2, 0.25) is 5.89 Å². The number of rotatable bonds is 3. The molecule has 1 fully saturated rings. The van der Waals surface area contributed by atoms with E-state index in [0.717, 1.165) is 18.6 Å². The van der Waals surface area contributed by atoms with E-state index >= 15 is 0 Å². The highest BCUT2D eigenvalue weighted by Crippen LogP contribution is 2.21. The van der Waals surface area contributed by atoms with Crippen molar-refractivity contribution in [2.24, 2.45) is 0 Å². The summed E-state index contributed by atoms with van der Waals surface area (Å²) in [6, 6.07) is 7.29. The second kappa shape index (κ2) is 6.36. The van der Waals surface area contributed by atoms with E-state index in [1.807, 2.05) is 12.1 Å². The van der Waals surface area contributed by atoms with Crippen molar-refractivity contribution in [2.75, 3.05) is 13.1 Å². The summed E-state index contributed by atoms with van der Waals surface area (Å²) >= 11 is 5.85. The van der Waals surface area contributed by atoms with Gasteiger partial charge in [-0.05, 0) is 24.3 Å². The third kappa shape index (κ3) is 3.39. The Balaban J connectivity index is 1.54. The van der Waals surface area contributed by atoms with Gasteiger partial charge >= 0.3 is 11.8 Å². The molecule has 0 N–H and O–H groups in total. The minimum atomic E-state index is -0.217. The zero-order valence-electron chi connectivity index (χ0n) is 12.2. The van der Waals surface area contributed by atoms with Gasteiger partial charge in [-0.15, -0.1) is 10.2 Å². The molecule has 0 atom stereocenters. The fourth-order valence-corrected chi connectivity index (χ4v) is 2.53. The van der Waals surface area contributed by atoms with Crippen molar-refractivity contribution in [2.45, 2.75) is 25.9 Å². The van der Waals surface area contributed by atoms with Crippen molar-refractivity contribution < 1.29 is 13.9 Å². The summed E-state index contributed by atoms with van der Waals surface area (Å²) in [5, 5.41) is 8.13. The molecule has 1 aliphatic rings. The van der Waals surface area contributed by atoms with E-state index in [-0.39, 0.29) is 17.9 Å². The smallest absolute Gasteiger partial charge is 0.311 e. The van der Waals surface area contributed by atoms with Crippen molar-refractivity contribution in [3.05, 3.63) is 41.1 Å². The number of carbonyl (C=O) groups excluding carboxylic acids is 1. The zero-order valence-corrected chi connectivity index (χ0v) is 12.9. The molecule has 116 valence electrons. The van der Waals surface area contributed by atoms with E-state index in [2.05, 4.69) is 10.2 Å². The third-order valence-electron chi connectivity index (χ3n) is 3.55. The first-order valence-electron chi connectivity index (χ1n) is 7.13. The van der Waals surface area contributed by atoms with E-state index in [0.29, 0.717) is 24.0 Å². The number of likely N-dealkylation sites (tertiary alicyclic amines) is 1. The standard InChI is InChI=1S/C15H16ClN3O3/c1-10-17-18-14(21-10)15(20)19-8-6-13(7-9-19)22-12-4-2-11(16)3-5-12/h2-5,13H,6-9H2,1H3. The van der Waals surface area contributed by atoms with Crippen LogP contribution >= 0.6 is 11.6 Å². The first kappa shape index (κ1) is 14.8. The second-order valence-corrected chi connectivity index (χ2v) is 5.63. The maximum absolute atomic E-state index is 12.2. The van der Waals surface area contributed by atoms with Crippen molar-refractivity contribution in [3.8, 4) is 5.75 Å². The van der Waals surface area contributed by atoms with Crippen LogP contribution in [-0.2, 0) is 0 Å². The number of hydrogen-bond acceptors (Lipinski definition) is 5. The highest BCUT2D eigenvalue weighted by molar-refractivity contribution is 6.30. The fraction of sp³-hybridized carbons (Fsp3) is 0.400. The third-order valence-corrected chi connectivity index (χ3v) is 3.81. The number of hydrogen-bond donors (Lipinski definition) is 0. The number of aryl methyl sites for hydroxylation is 1. The van der Waals surface area contributed by atoms with Gasteiger partial charge in [-0.2, -0.15) is 0 Å². The Morgan fingerprint density at radius 3 is 2.55 bits per heavy atom. The minimum absolute atomic E-state index is 0.0505. The molecule has 0 bridgehead atoms. The van der Waals surface area contributed by atoms with Crippen LogP contribution in [0.3, 0.4) is 0 Å². The van der Waals surface area contributed by atoms with Gasteiger partial charge in [-0.3, -0.25) is 4.79 Å². The predicted molar refractivity (Wildman–Crippen MR) is 80.0 cm³/mol. The summed E-state index contributed by atoms with van der Waals surface area (Å²) in [6.07, 6.45) is 1.62. The van der Waals surface area contributed by atoms with E-state index in [1.165, 1.54) is 0 Å². The highest BCUT2D eigenvalue weighted by Gasteiger charge is 2.27. The van der Waals surface area contributed by atoms with Gasteiger partial charge in [-0.1, -0.05) is 11.6 Å². The second-order valence-electron chi connectivity index (χ2n) is 5.19. The molecule has 3 rings (SSSR count). The predicted octanol–water partition coefficient (Wildman–Crippen LogP) is 2.72. The number of halogens is 1. The van der Waals surface area contributed by atoms with E-state index in [1.54, 1.807) is 24.0 Å². The van der Waals surface area contributed by atoms with Crippen LogP contribution in [0.5, 0.6) is 5.75 Å². The van der Waals surface area contributed by atoms with Gasteiger partial charge in [0.15, 0.2) is 0 Å². The molecule has 0 unspecified atom stereocenters. The molecule has 7 heteroatoms. The summed E-state index contributed by atoms with van der Waals surface area (Å²) in [5.41, 5.74) is 0. The van der Waals surface area contributed by atoms with E-state index in [9.17, 15) is 4.79 Å². The zero-order chi connectivity index (χ0) is 15.5. The SMILES string of the molecule is Cc1nnc(C(=O)N2CCC(Oc3ccc(Cl)cc3)CC2)o1. The van der Waals surface area contributed by atoms with Crippen molar-refractivity contribution >= 4 is 17.5 Å². The maximum Gasteiger partial charge on any atom is 0.311 e. The van der Waals surface area contributed by atoms with Crippen LogP contribution < -0.4 is 4.74 Å². The number of benzene rings is 1. The molecule has 22 heavy (non-hydrogen) atoms. The average molecular weight is 322 g/mol. The van der Waals surface area contributed by atoms with Crippen molar-refractivity contribution in [1.82, 2.24) is 15.1 Å². The molecule has 0 radical (unpaired) electrons. The van der Waals surface area contributed by atoms with Gasteiger partial charge in [0, 0.05) is 37.9 Å². The lowest BCUT2D eigenvalue weighted by atomic mass is 10.1. The van der Waals surface area contributed by atoms with Crippen LogP contribution in [0.2, 0.25) is 5.02 Å². The van der Waals surface area contributed by atoms with Crippen LogP contribution in [-0.4, -0.2) is 40.2 Å². The summed E-state index contributed by atoms with van der Waals surface area (Å²) in [4.78, 5) is 13.9. The monoisotopic (exact) mass is 321 g/mol. The van der Waals surface area contributed by atoms with Crippen LogP contribution in [0.1, 0.15) is 29.4 Å². The molecule has 0 aliphatic carbocycles. The number of carbonyl (C=O) groups is 1. The van der Waals surface area contributed by atoms with Crippen LogP contribution in [0.15, 0.2) is 28.7 Å². The van der Waals surface area contributed by atoms with Crippen LogP contribution in [0.4, 0.5) is 0 Å². The Labute approximate surface area is 133 Å². The molecule has 0 spiro atoms. The molecular weight excluding hydrogens is 306 g/mol. The Hall–Kier alpha value is -2.08. The molecule has 2 heterocycles. The van der Waals surface area contributed by atoms with Gasteiger partial charge in [0.1, 0.15) is 11.9 Å². The van der Waals surface area contributed by atoms with Crippen molar-refractivity contribution in [3.63, 3.8) is 0 Å². The van der Waals surface area contributed by atoms with Gasteiger partial charge < -0.3 is 14.1 Å². The van der Waals surface area contributed by atoms with Gasteiger partial charge in [0.25, 0.3) is 0 Å². The van der Waals surface area contributed by atoms with Gasteiger partial charge in [0.05, 0.1) is 0 Å². The first-order chi connectivity index (χ1) is 10.6. The molecule has 6 nitrogen and oxygen atoms in total. The van der Waals surface area contributed by atoms with Crippen LogP contribution in [0, 0.1) is 6.92 Å². The lowest BCUT2D eigenvalue weighted by Crippen LogP contribution is -2.41. The molecular formula is C15H16ClN3O3. The fourth-order valence-electron chi connectivity index (χ4n) is 2.40. The number of amides is 1. The average Bonchev–Trinajstić information content (AvgIpc) is 2.96. The van der Waals surface area contributed by atoms with E-state index in [4.69, 9.17) is 20.8 Å². The number of piperidine rings is 1. The first-order valence-corrected chi connectivity index (χ1v) is 7.51. The van der Waals surface area contributed by atoms with Crippen molar-refractivity contribution in [1.29, 1.82) is 0 Å². The quantitative estimate of drug-likeness (QED) is 0.869. The number of nitrogens with zero attached hydrogens (tertiary/aromatic N) is 3. The molecule has 1 saturated heterocycles. The summed E-state index contributed by atoms with van der Waals surface area (Å²) in [6.45, 7) is 2.88. The normalized spacial score (nSPS) is 15.8. The highest BCUT2D eigenvalue weighted by atomic mass is 35.5. The molecule has 1 aliphatic heterocycles. The van der Waals surface area contributed by atoms with Crippen LogP contribution in [0.25, 0.3) is 0 Å². The largest absolute Gasteiger partial charge is 0.490 e. The van der Waals surface area contributed by atoms with E-state index < -0.39 is 0 Å². The summed E-state index contributed by atoms with van der Waals surface area (Å²) < 4.78 is 11.1. The lowest BCUT2D eigenvalue weighted by molar-refractivity contribution is 0.0558. The topological polar surface area (TPSA) is 68.5 Å². The molecule has 1 aromatic carbocycles. The maximum atomic E-state index is 12.2. The van der Waals surface area contributed by atoms with Gasteiger partial charge in [-0.25, -0.2) is 0 Å². The Bertz CT molecular complexity index is 648. The Kier molecular flexibility index (Phi) is 4.29. The Morgan fingerprint density at radius 1 is 1.27 bits per heavy atom. The summed E-state index contributed by atoms with van der Waals surface area (Å²) in [7, 11) is 0. The lowest BCUT2D eigenvalue weighted by Gasteiger charge is -2.31. The molecule has 2 aromatic rings. The molecule has 1 aromatic heterocycles. The summed E-state index contributed by atoms with van der Waals surface area (Å²) in [5.74, 6) is 1.02. The Morgan fingerprint density at radius 2 is 1.95 bits per heavy atom. The number of aromatic nitrogens is 2. The molecule has 0 saturated carbocycles. The number of ether oxygens (including phenoxy) is 1. The minimum Gasteiger partial charge on any atom is -0.490 e.